The van der Waals surface area contributed by atoms with Gasteiger partial charge in [-0.15, -0.1) is 0 Å². The van der Waals surface area contributed by atoms with Crippen LogP contribution >= 0.6 is 0 Å². The molecule has 0 bridgehead atoms. The van der Waals surface area contributed by atoms with E-state index in [0.29, 0.717) is 18.2 Å². The molecule has 0 saturated carbocycles. The van der Waals surface area contributed by atoms with E-state index in [1.54, 1.807) is 0 Å². The molecule has 1 N–H and O–H groups in total. The summed E-state index contributed by atoms with van der Waals surface area (Å²) in [6, 6.07) is 10.1. The number of nitrogens with zero attached hydrogens (tertiary/aromatic N) is 3. The minimum atomic E-state index is -0.00300. The normalized spacial score (nSPS) is 11.5. The Bertz CT molecular complexity index is 851. The summed E-state index contributed by atoms with van der Waals surface area (Å²) in [5, 5.41) is 9.48. The number of hydrogen-bond donors (Lipinski definition) is 1. The van der Waals surface area contributed by atoms with Crippen LogP contribution in [0.5, 0.6) is 0 Å². The standard InChI is InChI=1S/C18H22N4O/c1-4-7-16(23)20-17-14-10-13-8-5-6-9-15(13)19-18(14)22(21-17)11-12(2)3/h5-6,8-10,12H,4,7,11H2,1-3H3,(H,20,21,23). The summed E-state index contributed by atoms with van der Waals surface area (Å²) in [6.07, 6.45) is 1.32. The Morgan fingerprint density at radius 3 is 2.83 bits per heavy atom. The van der Waals surface area contributed by atoms with Crippen LogP contribution in [0.1, 0.15) is 33.6 Å². The summed E-state index contributed by atoms with van der Waals surface area (Å²) >= 11 is 0. The Hall–Kier alpha value is -2.43. The van der Waals surface area contributed by atoms with E-state index >= 15 is 0 Å². The highest BCUT2D eigenvalue weighted by atomic mass is 16.1. The lowest BCUT2D eigenvalue weighted by molar-refractivity contribution is -0.116. The molecule has 120 valence electrons. The van der Waals surface area contributed by atoms with Gasteiger partial charge in [-0.2, -0.15) is 5.10 Å². The molecule has 23 heavy (non-hydrogen) atoms. The number of pyridine rings is 1. The first-order chi connectivity index (χ1) is 11.1. The molecule has 0 radical (unpaired) electrons. The SMILES string of the molecule is CCCC(=O)Nc1nn(CC(C)C)c2nc3ccccc3cc12. The van der Waals surface area contributed by atoms with E-state index in [1.807, 2.05) is 35.9 Å². The van der Waals surface area contributed by atoms with Crippen LogP contribution in [0.15, 0.2) is 30.3 Å². The molecule has 3 rings (SSSR count). The van der Waals surface area contributed by atoms with Crippen molar-refractivity contribution in [3.05, 3.63) is 30.3 Å². The molecule has 0 spiro atoms. The molecule has 0 unspecified atom stereocenters. The van der Waals surface area contributed by atoms with Gasteiger partial charge in [-0.25, -0.2) is 9.67 Å². The molecule has 0 aliphatic heterocycles. The Morgan fingerprint density at radius 2 is 2.09 bits per heavy atom. The maximum atomic E-state index is 12.0. The van der Waals surface area contributed by atoms with E-state index in [1.165, 1.54) is 0 Å². The zero-order valence-electron chi connectivity index (χ0n) is 13.8. The molecule has 5 nitrogen and oxygen atoms in total. The van der Waals surface area contributed by atoms with Crippen molar-refractivity contribution in [3.8, 4) is 0 Å². The number of fused-ring (bicyclic) bond motifs is 2. The van der Waals surface area contributed by atoms with E-state index in [0.717, 1.165) is 34.9 Å². The van der Waals surface area contributed by atoms with Crippen LogP contribution in [0.4, 0.5) is 5.82 Å². The fourth-order valence-corrected chi connectivity index (χ4v) is 2.69. The lowest BCUT2D eigenvalue weighted by Crippen LogP contribution is -2.12. The number of benzene rings is 1. The van der Waals surface area contributed by atoms with E-state index in [2.05, 4.69) is 30.3 Å². The van der Waals surface area contributed by atoms with Crippen molar-refractivity contribution < 1.29 is 4.79 Å². The number of carbonyl (C=O) groups excluding carboxylic acids is 1. The summed E-state index contributed by atoms with van der Waals surface area (Å²) in [5.41, 5.74) is 1.76. The van der Waals surface area contributed by atoms with Crippen LogP contribution in [-0.2, 0) is 11.3 Å². The number of carbonyl (C=O) groups is 1. The van der Waals surface area contributed by atoms with Crippen molar-refractivity contribution in [2.45, 2.75) is 40.2 Å². The second-order valence-electron chi connectivity index (χ2n) is 6.27. The molecule has 1 amide bonds. The first-order valence-electron chi connectivity index (χ1n) is 8.14. The Balaban J connectivity index is 2.14. The molecule has 2 heterocycles. The van der Waals surface area contributed by atoms with Crippen LogP contribution in [-0.4, -0.2) is 20.7 Å². The highest BCUT2D eigenvalue weighted by Crippen LogP contribution is 2.26. The molecule has 1 aromatic carbocycles. The summed E-state index contributed by atoms with van der Waals surface area (Å²) < 4.78 is 1.90. The van der Waals surface area contributed by atoms with Gasteiger partial charge in [0, 0.05) is 18.4 Å². The molecule has 2 aromatic heterocycles. The monoisotopic (exact) mass is 310 g/mol. The topological polar surface area (TPSA) is 59.8 Å². The maximum absolute atomic E-state index is 12.0. The van der Waals surface area contributed by atoms with Crippen molar-refractivity contribution in [1.82, 2.24) is 14.8 Å². The number of hydrogen-bond acceptors (Lipinski definition) is 3. The van der Waals surface area contributed by atoms with Crippen LogP contribution in [0.3, 0.4) is 0 Å². The average molecular weight is 310 g/mol. The Morgan fingerprint density at radius 1 is 1.30 bits per heavy atom. The highest BCUT2D eigenvalue weighted by Gasteiger charge is 2.15. The molecule has 0 aliphatic carbocycles. The van der Waals surface area contributed by atoms with Gasteiger partial charge in [-0.05, 0) is 24.5 Å². The predicted octanol–water partition coefficient (Wildman–Crippen LogP) is 3.98. The lowest BCUT2D eigenvalue weighted by atomic mass is 10.2. The zero-order chi connectivity index (χ0) is 16.4. The van der Waals surface area contributed by atoms with Gasteiger partial charge in [-0.3, -0.25) is 4.79 Å². The Labute approximate surface area is 135 Å². The highest BCUT2D eigenvalue weighted by molar-refractivity contribution is 6.02. The fraction of sp³-hybridized carbons (Fsp3) is 0.389. The number of aromatic nitrogens is 3. The summed E-state index contributed by atoms with van der Waals surface area (Å²) in [4.78, 5) is 16.7. The van der Waals surface area contributed by atoms with Crippen molar-refractivity contribution in [2.24, 2.45) is 5.92 Å². The Kier molecular flexibility index (Phi) is 4.28. The van der Waals surface area contributed by atoms with E-state index in [9.17, 15) is 4.79 Å². The molecule has 0 aliphatic rings. The molecular weight excluding hydrogens is 288 g/mol. The summed E-state index contributed by atoms with van der Waals surface area (Å²) in [5.74, 6) is 1.06. The van der Waals surface area contributed by atoms with Crippen molar-refractivity contribution in [1.29, 1.82) is 0 Å². The minimum absolute atomic E-state index is 0.00300. The quantitative estimate of drug-likeness (QED) is 0.775. The largest absolute Gasteiger partial charge is 0.309 e. The molecule has 3 aromatic rings. The molecular formula is C18H22N4O. The number of nitrogens with one attached hydrogen (secondary N) is 1. The summed E-state index contributed by atoms with van der Waals surface area (Å²) in [6.45, 7) is 7.05. The number of para-hydroxylation sites is 1. The third-order valence-electron chi connectivity index (χ3n) is 3.70. The molecule has 0 fully saturated rings. The first kappa shape index (κ1) is 15.5. The zero-order valence-corrected chi connectivity index (χ0v) is 13.8. The second kappa shape index (κ2) is 6.36. The van der Waals surface area contributed by atoms with Crippen LogP contribution in [0.2, 0.25) is 0 Å². The summed E-state index contributed by atoms with van der Waals surface area (Å²) in [7, 11) is 0. The second-order valence-corrected chi connectivity index (χ2v) is 6.27. The predicted molar refractivity (Wildman–Crippen MR) is 93.4 cm³/mol. The third-order valence-corrected chi connectivity index (χ3v) is 3.70. The first-order valence-corrected chi connectivity index (χ1v) is 8.14. The van der Waals surface area contributed by atoms with E-state index in [4.69, 9.17) is 4.98 Å². The van der Waals surface area contributed by atoms with Gasteiger partial charge >= 0.3 is 0 Å². The van der Waals surface area contributed by atoms with Gasteiger partial charge in [0.25, 0.3) is 0 Å². The van der Waals surface area contributed by atoms with Crippen LogP contribution in [0, 0.1) is 5.92 Å². The lowest BCUT2D eigenvalue weighted by Gasteiger charge is -2.05. The van der Waals surface area contributed by atoms with E-state index in [-0.39, 0.29) is 5.91 Å². The van der Waals surface area contributed by atoms with E-state index < -0.39 is 0 Å². The van der Waals surface area contributed by atoms with Gasteiger partial charge < -0.3 is 5.32 Å². The number of rotatable bonds is 5. The molecule has 0 saturated heterocycles. The minimum Gasteiger partial charge on any atom is -0.309 e. The molecule has 0 atom stereocenters. The fourth-order valence-electron chi connectivity index (χ4n) is 2.69. The van der Waals surface area contributed by atoms with Crippen LogP contribution < -0.4 is 5.32 Å². The van der Waals surface area contributed by atoms with Crippen molar-refractivity contribution in [2.75, 3.05) is 5.32 Å². The smallest absolute Gasteiger partial charge is 0.225 e. The van der Waals surface area contributed by atoms with Gasteiger partial charge in [0.1, 0.15) is 0 Å². The van der Waals surface area contributed by atoms with Gasteiger partial charge in [-0.1, -0.05) is 39.0 Å². The van der Waals surface area contributed by atoms with Crippen molar-refractivity contribution >= 4 is 33.7 Å². The third kappa shape index (κ3) is 3.18. The number of anilines is 1. The van der Waals surface area contributed by atoms with Gasteiger partial charge in [0.05, 0.1) is 10.9 Å². The molecule has 5 heteroatoms. The average Bonchev–Trinajstić information content (AvgIpc) is 2.82. The van der Waals surface area contributed by atoms with Gasteiger partial charge in [0.15, 0.2) is 11.5 Å². The number of amides is 1. The van der Waals surface area contributed by atoms with Crippen LogP contribution in [0.25, 0.3) is 21.9 Å². The van der Waals surface area contributed by atoms with Gasteiger partial charge in [0.2, 0.25) is 5.91 Å². The van der Waals surface area contributed by atoms with Crippen molar-refractivity contribution in [3.63, 3.8) is 0 Å². The maximum Gasteiger partial charge on any atom is 0.225 e.